The van der Waals surface area contributed by atoms with Crippen molar-refractivity contribution in [3.63, 3.8) is 0 Å². The SMILES string of the molecule is COc1ccc(N2CCN(C(=O)CCN3CCCC(C)C3)CC2)cc1.O=C(O)C(F)(F)F.O=C(O)C(F)(F)F. The van der Waals surface area contributed by atoms with E-state index in [-0.39, 0.29) is 0 Å². The minimum Gasteiger partial charge on any atom is -0.497 e. The zero-order valence-electron chi connectivity index (χ0n) is 21.6. The molecule has 0 aromatic heterocycles. The van der Waals surface area contributed by atoms with E-state index >= 15 is 0 Å². The van der Waals surface area contributed by atoms with Crippen LogP contribution in [0.4, 0.5) is 32.0 Å². The third-order valence-electron chi connectivity index (χ3n) is 5.94. The third kappa shape index (κ3) is 12.9. The second-order valence-corrected chi connectivity index (χ2v) is 8.97. The molecule has 1 aromatic rings. The fourth-order valence-corrected chi connectivity index (χ4v) is 3.91. The van der Waals surface area contributed by atoms with E-state index < -0.39 is 24.3 Å². The predicted molar refractivity (Wildman–Crippen MR) is 129 cm³/mol. The van der Waals surface area contributed by atoms with Crippen molar-refractivity contribution in [2.75, 3.05) is 57.8 Å². The van der Waals surface area contributed by atoms with Crippen LogP contribution in [-0.2, 0) is 14.4 Å². The molecule has 0 radical (unpaired) electrons. The quantitative estimate of drug-likeness (QED) is 0.513. The van der Waals surface area contributed by atoms with E-state index in [2.05, 4.69) is 28.9 Å². The zero-order chi connectivity index (χ0) is 29.8. The summed E-state index contributed by atoms with van der Waals surface area (Å²) in [6.07, 6.45) is -6.90. The fourth-order valence-electron chi connectivity index (χ4n) is 3.91. The van der Waals surface area contributed by atoms with Crippen LogP contribution in [0, 0.1) is 5.92 Å². The number of methoxy groups -OCH3 is 1. The number of amides is 1. The molecule has 1 amide bonds. The van der Waals surface area contributed by atoms with Crippen LogP contribution in [0.3, 0.4) is 0 Å². The van der Waals surface area contributed by atoms with E-state index in [9.17, 15) is 31.1 Å². The van der Waals surface area contributed by atoms with Gasteiger partial charge < -0.3 is 29.6 Å². The molecule has 0 aliphatic carbocycles. The van der Waals surface area contributed by atoms with Crippen LogP contribution in [0.15, 0.2) is 24.3 Å². The normalized spacial score (nSPS) is 18.2. The van der Waals surface area contributed by atoms with Gasteiger partial charge in [0.2, 0.25) is 5.91 Å². The number of halogens is 6. The highest BCUT2D eigenvalue weighted by Gasteiger charge is 2.38. The zero-order valence-corrected chi connectivity index (χ0v) is 21.6. The van der Waals surface area contributed by atoms with Gasteiger partial charge >= 0.3 is 24.3 Å². The highest BCUT2D eigenvalue weighted by Crippen LogP contribution is 2.21. The number of aliphatic carboxylic acids is 2. The Morgan fingerprint density at radius 2 is 1.38 bits per heavy atom. The number of carbonyl (C=O) groups is 3. The maximum atomic E-state index is 12.5. The smallest absolute Gasteiger partial charge is 0.490 e. The maximum absolute atomic E-state index is 12.5. The number of nitrogens with zero attached hydrogens (tertiary/aromatic N) is 3. The predicted octanol–water partition coefficient (Wildman–Crippen LogP) is 3.73. The van der Waals surface area contributed by atoms with Crippen molar-refractivity contribution in [2.45, 2.75) is 38.5 Å². The number of carboxylic acids is 2. The first-order valence-corrected chi connectivity index (χ1v) is 12.0. The number of rotatable bonds is 5. The molecular weight excluding hydrogens is 540 g/mol. The molecule has 2 aliphatic rings. The molecule has 2 saturated heterocycles. The average Bonchev–Trinajstić information content (AvgIpc) is 2.87. The summed E-state index contributed by atoms with van der Waals surface area (Å²) in [5.41, 5.74) is 1.20. The summed E-state index contributed by atoms with van der Waals surface area (Å²) in [6, 6.07) is 8.17. The number of anilines is 1. The van der Waals surface area contributed by atoms with Gasteiger partial charge in [0.25, 0.3) is 0 Å². The summed E-state index contributed by atoms with van der Waals surface area (Å²) in [5.74, 6) is -3.55. The summed E-state index contributed by atoms with van der Waals surface area (Å²) in [5, 5.41) is 14.2. The van der Waals surface area contributed by atoms with Crippen molar-refractivity contribution in [1.29, 1.82) is 0 Å². The lowest BCUT2D eigenvalue weighted by molar-refractivity contribution is -0.193. The number of piperidine rings is 1. The second kappa shape index (κ2) is 15.4. The van der Waals surface area contributed by atoms with Gasteiger partial charge in [-0.05, 0) is 49.6 Å². The Morgan fingerprint density at radius 3 is 1.79 bits per heavy atom. The van der Waals surface area contributed by atoms with Crippen molar-refractivity contribution in [3.05, 3.63) is 24.3 Å². The first-order valence-electron chi connectivity index (χ1n) is 12.0. The molecule has 15 heteroatoms. The lowest BCUT2D eigenvalue weighted by Gasteiger charge is -2.37. The number of carbonyl (C=O) groups excluding carboxylic acids is 1. The molecule has 1 aromatic carbocycles. The van der Waals surface area contributed by atoms with Crippen molar-refractivity contribution in [3.8, 4) is 5.75 Å². The molecule has 0 spiro atoms. The molecule has 2 aliphatic heterocycles. The van der Waals surface area contributed by atoms with Crippen molar-refractivity contribution in [2.24, 2.45) is 5.92 Å². The number of hydrogen-bond acceptors (Lipinski definition) is 6. The topological polar surface area (TPSA) is 111 Å². The Morgan fingerprint density at radius 1 is 0.897 bits per heavy atom. The second-order valence-electron chi connectivity index (χ2n) is 8.97. The van der Waals surface area contributed by atoms with Gasteiger partial charge in [-0.1, -0.05) is 6.92 Å². The van der Waals surface area contributed by atoms with Gasteiger partial charge in [-0.15, -0.1) is 0 Å². The Kier molecular flexibility index (Phi) is 13.3. The molecule has 39 heavy (non-hydrogen) atoms. The molecule has 3 rings (SSSR count). The fraction of sp³-hybridized carbons (Fsp3) is 0.625. The first-order chi connectivity index (χ1) is 18.0. The number of piperazine rings is 1. The molecule has 222 valence electrons. The standard InChI is InChI=1S/C20H31N3O2.2C2HF3O2/c1-17-4-3-10-21(16-17)11-9-20(24)23-14-12-22(13-15-23)18-5-7-19(25-2)8-6-18;2*3-2(4,5)1(6)7/h5-8,17H,3-4,9-16H2,1-2H3;2*(H,6,7). The van der Waals surface area contributed by atoms with E-state index in [0.717, 1.165) is 57.5 Å². The molecule has 2 N–H and O–H groups in total. The lowest BCUT2D eigenvalue weighted by atomic mass is 10.0. The monoisotopic (exact) mass is 573 g/mol. The minimum atomic E-state index is -5.08. The van der Waals surface area contributed by atoms with Gasteiger partial charge in [0.15, 0.2) is 0 Å². The van der Waals surface area contributed by atoms with E-state index in [1.807, 2.05) is 17.0 Å². The first kappa shape index (κ1) is 33.8. The Bertz CT molecular complexity index is 894. The maximum Gasteiger partial charge on any atom is 0.490 e. The van der Waals surface area contributed by atoms with Crippen LogP contribution in [0.5, 0.6) is 5.75 Å². The van der Waals surface area contributed by atoms with Crippen molar-refractivity contribution >= 4 is 23.5 Å². The number of likely N-dealkylation sites (tertiary alicyclic amines) is 1. The lowest BCUT2D eigenvalue weighted by Crippen LogP contribution is -2.49. The number of ether oxygens (including phenoxy) is 1. The summed E-state index contributed by atoms with van der Waals surface area (Å²) in [4.78, 5) is 37.1. The Balaban J connectivity index is 0.000000449. The van der Waals surface area contributed by atoms with Crippen molar-refractivity contribution in [1.82, 2.24) is 9.80 Å². The van der Waals surface area contributed by atoms with Crippen LogP contribution in [0.25, 0.3) is 0 Å². The van der Waals surface area contributed by atoms with E-state index in [1.54, 1.807) is 7.11 Å². The third-order valence-corrected chi connectivity index (χ3v) is 5.94. The van der Waals surface area contributed by atoms with Crippen molar-refractivity contribution < 1.29 is 55.7 Å². The van der Waals surface area contributed by atoms with Gasteiger partial charge in [0, 0.05) is 51.4 Å². The molecule has 0 bridgehead atoms. The van der Waals surface area contributed by atoms with Gasteiger partial charge in [-0.3, -0.25) is 4.79 Å². The molecule has 9 nitrogen and oxygen atoms in total. The molecule has 0 saturated carbocycles. The van der Waals surface area contributed by atoms with Crippen LogP contribution >= 0.6 is 0 Å². The highest BCUT2D eigenvalue weighted by molar-refractivity contribution is 5.76. The summed E-state index contributed by atoms with van der Waals surface area (Å²) in [7, 11) is 1.68. The highest BCUT2D eigenvalue weighted by atomic mass is 19.4. The van der Waals surface area contributed by atoms with E-state index in [0.29, 0.717) is 12.3 Å². The Hall–Kier alpha value is -3.23. The number of benzene rings is 1. The average molecular weight is 574 g/mol. The number of carboxylic acid groups (broad SMARTS) is 2. The van der Waals surface area contributed by atoms with Gasteiger partial charge in [0.1, 0.15) is 5.75 Å². The largest absolute Gasteiger partial charge is 0.497 e. The van der Waals surface area contributed by atoms with Crippen LogP contribution in [0.1, 0.15) is 26.2 Å². The molecule has 2 fully saturated rings. The summed E-state index contributed by atoms with van der Waals surface area (Å²) in [6.45, 7) is 8.98. The van der Waals surface area contributed by atoms with Gasteiger partial charge in [-0.25, -0.2) is 9.59 Å². The van der Waals surface area contributed by atoms with Gasteiger partial charge in [0.05, 0.1) is 7.11 Å². The van der Waals surface area contributed by atoms with Crippen LogP contribution in [0.2, 0.25) is 0 Å². The molecular formula is C24H33F6N3O6. The van der Waals surface area contributed by atoms with E-state index in [1.165, 1.54) is 18.5 Å². The molecule has 1 atom stereocenters. The summed E-state index contributed by atoms with van der Waals surface area (Å²) >= 11 is 0. The Labute approximate surface area is 221 Å². The van der Waals surface area contributed by atoms with Gasteiger partial charge in [-0.2, -0.15) is 26.3 Å². The van der Waals surface area contributed by atoms with Crippen LogP contribution in [-0.4, -0.2) is 103 Å². The molecule has 2 heterocycles. The summed E-state index contributed by atoms with van der Waals surface area (Å²) < 4.78 is 68.7. The molecule has 1 unspecified atom stereocenters. The minimum absolute atomic E-state index is 0.313. The number of hydrogen-bond donors (Lipinski definition) is 2. The van der Waals surface area contributed by atoms with Crippen LogP contribution < -0.4 is 9.64 Å². The van der Waals surface area contributed by atoms with E-state index in [4.69, 9.17) is 24.5 Å². The number of alkyl halides is 6.